The van der Waals surface area contributed by atoms with Crippen molar-refractivity contribution in [3.8, 4) is 0 Å². The van der Waals surface area contributed by atoms with Gasteiger partial charge in [0, 0.05) is 43.5 Å². The molecule has 1 atom stereocenters. The third-order valence-electron chi connectivity index (χ3n) is 8.42. The molecular formula is C30H26FN5O4. The molecule has 0 radical (unpaired) electrons. The number of amides is 3. The second-order valence-corrected chi connectivity index (χ2v) is 10.8. The van der Waals surface area contributed by atoms with E-state index in [2.05, 4.69) is 15.6 Å². The highest BCUT2D eigenvalue weighted by atomic mass is 19.1. The molecule has 2 aromatic carbocycles. The Balaban J connectivity index is 1.12. The molecule has 0 saturated carbocycles. The molecule has 202 valence electrons. The molecule has 4 aliphatic rings. The third-order valence-corrected chi connectivity index (χ3v) is 8.42. The number of benzene rings is 2. The lowest BCUT2D eigenvalue weighted by atomic mass is 9.79. The maximum atomic E-state index is 14.8. The summed E-state index contributed by atoms with van der Waals surface area (Å²) in [5, 5.41) is 5.79. The third kappa shape index (κ3) is 3.74. The van der Waals surface area contributed by atoms with Crippen molar-refractivity contribution >= 4 is 35.1 Å². The minimum atomic E-state index is -1.05. The predicted molar refractivity (Wildman–Crippen MR) is 144 cm³/mol. The molecule has 40 heavy (non-hydrogen) atoms. The number of pyridine rings is 1. The van der Waals surface area contributed by atoms with E-state index in [9.17, 15) is 18.8 Å². The molecule has 9 nitrogen and oxygen atoms in total. The Hall–Kier alpha value is -4.44. The molecule has 1 saturated heterocycles. The van der Waals surface area contributed by atoms with E-state index in [1.807, 2.05) is 24.3 Å². The van der Waals surface area contributed by atoms with Crippen LogP contribution in [0.5, 0.6) is 0 Å². The Bertz CT molecular complexity index is 1620. The molecule has 4 heterocycles. The van der Waals surface area contributed by atoms with E-state index >= 15 is 0 Å². The lowest BCUT2D eigenvalue weighted by Crippen LogP contribution is -2.48. The van der Waals surface area contributed by atoms with Crippen LogP contribution < -0.4 is 10.6 Å². The van der Waals surface area contributed by atoms with Crippen LogP contribution in [0.15, 0.2) is 65.8 Å². The molecule has 1 fully saturated rings. The number of carbonyl (C=O) groups excluding carboxylic acids is 3. The first kappa shape index (κ1) is 24.6. The van der Waals surface area contributed by atoms with Crippen LogP contribution in [0.1, 0.15) is 35.1 Å². The van der Waals surface area contributed by atoms with Gasteiger partial charge in [-0.25, -0.2) is 9.37 Å². The number of hydrogen-bond acceptors (Lipinski definition) is 6. The first-order valence-electron chi connectivity index (χ1n) is 13.3. The average Bonchev–Trinajstić information content (AvgIpc) is 3.56. The van der Waals surface area contributed by atoms with Gasteiger partial charge in [-0.1, -0.05) is 24.3 Å². The zero-order valence-electron chi connectivity index (χ0n) is 21.6. The molecule has 3 amide bonds. The van der Waals surface area contributed by atoms with Crippen LogP contribution in [-0.4, -0.2) is 58.7 Å². The number of nitrogens with zero attached hydrogens (tertiary/aromatic N) is 3. The Morgan fingerprint density at radius 2 is 1.85 bits per heavy atom. The number of fused-ring (bicyclic) bond motifs is 3. The SMILES string of the molecule is O=C(CN1C(=O)C2(CCOCC2)N=C1c1ccccc1F)Nc1ccc2c(c1)C[C@@]1(C2)C(=O)Nc2ncccc21. The number of aromatic nitrogens is 1. The van der Waals surface area contributed by atoms with Crippen molar-refractivity contribution in [2.45, 2.75) is 36.6 Å². The zero-order valence-corrected chi connectivity index (χ0v) is 21.6. The monoisotopic (exact) mass is 539 g/mol. The number of ether oxygens (including phenoxy) is 1. The maximum absolute atomic E-state index is 14.8. The van der Waals surface area contributed by atoms with Crippen molar-refractivity contribution in [2.24, 2.45) is 4.99 Å². The van der Waals surface area contributed by atoms with E-state index < -0.39 is 22.7 Å². The highest BCUT2D eigenvalue weighted by Gasteiger charge is 2.52. The smallest absolute Gasteiger partial charge is 0.256 e. The highest BCUT2D eigenvalue weighted by Crippen LogP contribution is 2.47. The van der Waals surface area contributed by atoms with Crippen LogP contribution in [0.4, 0.5) is 15.9 Å². The molecule has 0 bridgehead atoms. The van der Waals surface area contributed by atoms with Gasteiger partial charge in [-0.15, -0.1) is 0 Å². The van der Waals surface area contributed by atoms with Gasteiger partial charge in [0.25, 0.3) is 5.91 Å². The topological polar surface area (TPSA) is 113 Å². The van der Waals surface area contributed by atoms with Crippen molar-refractivity contribution in [2.75, 3.05) is 30.4 Å². The van der Waals surface area contributed by atoms with Crippen LogP contribution in [-0.2, 0) is 37.4 Å². The summed E-state index contributed by atoms with van der Waals surface area (Å²) >= 11 is 0. The summed E-state index contributed by atoms with van der Waals surface area (Å²) in [6, 6.07) is 15.5. The number of anilines is 2. The van der Waals surface area contributed by atoms with Crippen LogP contribution >= 0.6 is 0 Å². The van der Waals surface area contributed by atoms with Crippen LogP contribution in [0, 0.1) is 5.82 Å². The summed E-state index contributed by atoms with van der Waals surface area (Å²) in [6.07, 6.45) is 3.46. The molecule has 2 N–H and O–H groups in total. The minimum absolute atomic E-state index is 0.0717. The summed E-state index contributed by atoms with van der Waals surface area (Å²) in [5.74, 6) is -0.572. The van der Waals surface area contributed by atoms with E-state index in [4.69, 9.17) is 9.73 Å². The van der Waals surface area contributed by atoms with Gasteiger partial charge in [-0.2, -0.15) is 0 Å². The van der Waals surface area contributed by atoms with Gasteiger partial charge < -0.3 is 15.4 Å². The fourth-order valence-electron chi connectivity index (χ4n) is 6.38. The second kappa shape index (κ2) is 9.06. The molecule has 3 aliphatic heterocycles. The number of aliphatic imine (C=N–C) groups is 1. The van der Waals surface area contributed by atoms with Gasteiger partial charge in [0.1, 0.15) is 29.6 Å². The summed E-state index contributed by atoms with van der Waals surface area (Å²) in [7, 11) is 0. The summed E-state index contributed by atoms with van der Waals surface area (Å²) in [4.78, 5) is 50.2. The van der Waals surface area contributed by atoms with Crippen molar-refractivity contribution in [3.63, 3.8) is 0 Å². The Labute approximate surface area is 229 Å². The van der Waals surface area contributed by atoms with Crippen molar-refractivity contribution in [3.05, 3.63) is 88.9 Å². The van der Waals surface area contributed by atoms with Gasteiger partial charge in [-0.3, -0.25) is 24.3 Å². The average molecular weight is 540 g/mol. The van der Waals surface area contributed by atoms with E-state index in [1.165, 1.54) is 11.0 Å². The van der Waals surface area contributed by atoms with Gasteiger partial charge in [0.15, 0.2) is 0 Å². The highest BCUT2D eigenvalue weighted by molar-refractivity contribution is 6.17. The largest absolute Gasteiger partial charge is 0.381 e. The van der Waals surface area contributed by atoms with E-state index in [-0.39, 0.29) is 29.8 Å². The minimum Gasteiger partial charge on any atom is -0.381 e. The van der Waals surface area contributed by atoms with Crippen molar-refractivity contribution < 1.29 is 23.5 Å². The number of hydrogen-bond donors (Lipinski definition) is 2. The fourth-order valence-corrected chi connectivity index (χ4v) is 6.38. The summed E-state index contributed by atoms with van der Waals surface area (Å²) in [6.45, 7) is 0.432. The number of amidine groups is 1. The number of halogens is 1. The van der Waals surface area contributed by atoms with Gasteiger partial charge >= 0.3 is 0 Å². The van der Waals surface area contributed by atoms with Gasteiger partial charge in [-0.05, 0) is 54.3 Å². The molecule has 1 aromatic heterocycles. The van der Waals surface area contributed by atoms with Gasteiger partial charge in [0.05, 0.1) is 11.0 Å². The first-order valence-corrected chi connectivity index (χ1v) is 13.3. The normalized spacial score (nSPS) is 22.3. The van der Waals surface area contributed by atoms with Crippen LogP contribution in [0.25, 0.3) is 0 Å². The standard InChI is InChI=1S/C30H26FN5O4/c31-23-6-2-1-4-21(23)26-35-30(9-12-40-13-10-30)28(39)36(26)17-24(37)33-20-8-7-18-15-29(16-19(18)14-20)22-5-3-11-32-25(22)34-27(29)38/h1-8,11,14H,9-10,12-13,15-17H2,(H,33,37)(H,32,34,38)/t29-/m1/s1. The predicted octanol–water partition coefficient (Wildman–Crippen LogP) is 2.99. The number of rotatable bonds is 4. The Kier molecular flexibility index (Phi) is 5.57. The maximum Gasteiger partial charge on any atom is 0.256 e. The van der Waals surface area contributed by atoms with Gasteiger partial charge in [0.2, 0.25) is 11.8 Å². The molecular weight excluding hydrogens is 513 g/mol. The first-order chi connectivity index (χ1) is 19.4. The van der Waals surface area contributed by atoms with Crippen LogP contribution in [0.2, 0.25) is 0 Å². The fraction of sp³-hybridized carbons (Fsp3) is 0.300. The molecule has 3 aromatic rings. The zero-order chi connectivity index (χ0) is 27.5. The lowest BCUT2D eigenvalue weighted by Gasteiger charge is -2.29. The lowest BCUT2D eigenvalue weighted by molar-refractivity contribution is -0.136. The van der Waals surface area contributed by atoms with Crippen molar-refractivity contribution in [1.82, 2.24) is 9.88 Å². The van der Waals surface area contributed by atoms with Crippen LogP contribution in [0.3, 0.4) is 0 Å². The number of carbonyl (C=O) groups is 3. The second-order valence-electron chi connectivity index (χ2n) is 10.8. The Morgan fingerprint density at radius 1 is 1.05 bits per heavy atom. The number of nitrogens with one attached hydrogen (secondary N) is 2. The molecule has 1 aliphatic carbocycles. The molecule has 10 heteroatoms. The quantitative estimate of drug-likeness (QED) is 0.530. The van der Waals surface area contributed by atoms with E-state index in [1.54, 1.807) is 30.5 Å². The molecule has 7 rings (SSSR count). The summed E-state index contributed by atoms with van der Waals surface area (Å²) < 4.78 is 20.2. The summed E-state index contributed by atoms with van der Waals surface area (Å²) in [5.41, 5.74) is 1.87. The molecule has 2 spiro atoms. The van der Waals surface area contributed by atoms with E-state index in [0.29, 0.717) is 50.4 Å². The molecule has 0 unspecified atom stereocenters. The van der Waals surface area contributed by atoms with E-state index in [0.717, 1.165) is 16.7 Å². The Morgan fingerprint density at radius 3 is 2.67 bits per heavy atom. The van der Waals surface area contributed by atoms with Crippen molar-refractivity contribution in [1.29, 1.82) is 0 Å².